The van der Waals surface area contributed by atoms with Crippen LogP contribution in [0, 0.1) is 18.6 Å². The van der Waals surface area contributed by atoms with Gasteiger partial charge in [0.2, 0.25) is 0 Å². The van der Waals surface area contributed by atoms with Crippen molar-refractivity contribution in [2.75, 3.05) is 26.7 Å². The van der Waals surface area contributed by atoms with Gasteiger partial charge in [-0.3, -0.25) is 4.90 Å². The third-order valence-electron chi connectivity index (χ3n) is 3.07. The van der Waals surface area contributed by atoms with Gasteiger partial charge >= 0.3 is 0 Å². The molecule has 1 aliphatic heterocycles. The van der Waals surface area contributed by atoms with E-state index >= 15 is 0 Å². The Labute approximate surface area is 94.3 Å². The first-order valence-corrected chi connectivity index (χ1v) is 5.46. The van der Waals surface area contributed by atoms with Crippen molar-refractivity contribution in [2.45, 2.75) is 13.0 Å². The maximum absolute atomic E-state index is 13.8. The van der Waals surface area contributed by atoms with Crippen molar-refractivity contribution < 1.29 is 8.78 Å². The smallest absolute Gasteiger partial charge is 0.131 e. The first-order valence-electron chi connectivity index (χ1n) is 5.46. The summed E-state index contributed by atoms with van der Waals surface area (Å²) in [6, 6.07) is 2.57. The third kappa shape index (κ3) is 2.08. The van der Waals surface area contributed by atoms with Crippen LogP contribution in [-0.2, 0) is 0 Å². The first kappa shape index (κ1) is 11.5. The van der Waals surface area contributed by atoms with Gasteiger partial charge in [0, 0.05) is 25.2 Å². The highest BCUT2D eigenvalue weighted by atomic mass is 19.1. The predicted octanol–water partition coefficient (Wildman–Crippen LogP) is 1.85. The minimum Gasteiger partial charge on any atom is -0.314 e. The molecule has 2 rings (SSSR count). The summed E-state index contributed by atoms with van der Waals surface area (Å²) in [5, 5.41) is 3.16. The summed E-state index contributed by atoms with van der Waals surface area (Å²) >= 11 is 0. The molecule has 1 aliphatic rings. The molecule has 0 radical (unpaired) electrons. The van der Waals surface area contributed by atoms with Gasteiger partial charge in [0.25, 0.3) is 0 Å². The Morgan fingerprint density at radius 1 is 1.31 bits per heavy atom. The number of piperazine rings is 1. The summed E-state index contributed by atoms with van der Waals surface area (Å²) in [7, 11) is 1.89. The largest absolute Gasteiger partial charge is 0.314 e. The molecule has 1 heterocycles. The summed E-state index contributed by atoms with van der Waals surface area (Å²) in [6.07, 6.45) is 0. The van der Waals surface area contributed by atoms with E-state index in [1.807, 2.05) is 11.9 Å². The molecule has 0 bridgehead atoms. The van der Waals surface area contributed by atoms with E-state index in [2.05, 4.69) is 5.32 Å². The Hall–Kier alpha value is -1.00. The summed E-state index contributed by atoms with van der Waals surface area (Å²) in [4.78, 5) is 1.98. The maximum atomic E-state index is 13.8. The highest BCUT2D eigenvalue weighted by Gasteiger charge is 2.26. The zero-order valence-corrected chi connectivity index (χ0v) is 9.56. The van der Waals surface area contributed by atoms with Gasteiger partial charge in [-0.2, -0.15) is 0 Å². The van der Waals surface area contributed by atoms with E-state index in [9.17, 15) is 8.78 Å². The van der Waals surface area contributed by atoms with Crippen molar-refractivity contribution >= 4 is 0 Å². The molecule has 0 spiro atoms. The molecule has 0 aliphatic carbocycles. The summed E-state index contributed by atoms with van der Waals surface area (Å²) in [5.41, 5.74) is 0.797. The normalized spacial score (nSPS) is 22.4. The standard InChI is InChI=1S/C12H16F2N2/c1-8-5-9(13)12(10(14)6-8)11-7-15-3-4-16(11)2/h5-6,11,15H,3-4,7H2,1-2H3. The second kappa shape index (κ2) is 4.47. The molecule has 1 saturated heterocycles. The zero-order chi connectivity index (χ0) is 11.7. The highest BCUT2D eigenvalue weighted by Crippen LogP contribution is 2.26. The SMILES string of the molecule is Cc1cc(F)c(C2CNCCN2C)c(F)c1. The van der Waals surface area contributed by atoms with E-state index in [0.717, 1.165) is 13.1 Å². The molecule has 1 atom stereocenters. The molecule has 4 heteroatoms. The molecular formula is C12H16F2N2. The molecule has 1 aromatic carbocycles. The predicted molar refractivity (Wildman–Crippen MR) is 59.3 cm³/mol. The van der Waals surface area contributed by atoms with Crippen LogP contribution in [-0.4, -0.2) is 31.6 Å². The zero-order valence-electron chi connectivity index (χ0n) is 9.56. The molecule has 1 fully saturated rings. The Kier molecular flexibility index (Phi) is 3.21. The van der Waals surface area contributed by atoms with Gasteiger partial charge in [-0.05, 0) is 31.7 Å². The number of nitrogens with one attached hydrogen (secondary N) is 1. The van der Waals surface area contributed by atoms with Crippen LogP contribution in [0.2, 0.25) is 0 Å². The lowest BCUT2D eigenvalue weighted by Crippen LogP contribution is -2.44. The minimum atomic E-state index is -0.446. The molecular weight excluding hydrogens is 210 g/mol. The van der Waals surface area contributed by atoms with Gasteiger partial charge in [-0.1, -0.05) is 0 Å². The summed E-state index contributed by atoms with van der Waals surface area (Å²) < 4.78 is 27.5. The van der Waals surface area contributed by atoms with Gasteiger partial charge < -0.3 is 5.32 Å². The number of likely N-dealkylation sites (N-methyl/N-ethyl adjacent to an activating group) is 1. The van der Waals surface area contributed by atoms with Crippen LogP contribution in [0.4, 0.5) is 8.78 Å². The fourth-order valence-corrected chi connectivity index (χ4v) is 2.16. The van der Waals surface area contributed by atoms with Crippen LogP contribution >= 0.6 is 0 Å². The molecule has 1 N–H and O–H groups in total. The van der Waals surface area contributed by atoms with Crippen LogP contribution < -0.4 is 5.32 Å². The molecule has 1 aromatic rings. The van der Waals surface area contributed by atoms with Gasteiger partial charge in [-0.15, -0.1) is 0 Å². The van der Waals surface area contributed by atoms with Crippen LogP contribution in [0.15, 0.2) is 12.1 Å². The van der Waals surface area contributed by atoms with Crippen molar-refractivity contribution in [1.29, 1.82) is 0 Å². The quantitative estimate of drug-likeness (QED) is 0.786. The first-order chi connectivity index (χ1) is 7.59. The van der Waals surface area contributed by atoms with Gasteiger partial charge in [0.15, 0.2) is 0 Å². The lowest BCUT2D eigenvalue weighted by molar-refractivity contribution is 0.193. The van der Waals surface area contributed by atoms with E-state index < -0.39 is 11.6 Å². The monoisotopic (exact) mass is 226 g/mol. The fourth-order valence-electron chi connectivity index (χ4n) is 2.16. The Morgan fingerprint density at radius 2 is 1.94 bits per heavy atom. The molecule has 2 nitrogen and oxygen atoms in total. The second-order valence-electron chi connectivity index (χ2n) is 4.34. The minimum absolute atomic E-state index is 0.181. The van der Waals surface area contributed by atoms with Crippen LogP contribution in [0.5, 0.6) is 0 Å². The number of benzene rings is 1. The van der Waals surface area contributed by atoms with Gasteiger partial charge in [0.1, 0.15) is 11.6 Å². The number of aryl methyl sites for hydroxylation is 1. The Morgan fingerprint density at radius 3 is 2.50 bits per heavy atom. The van der Waals surface area contributed by atoms with E-state index in [4.69, 9.17) is 0 Å². The van der Waals surface area contributed by atoms with Gasteiger partial charge in [-0.25, -0.2) is 8.78 Å². The maximum Gasteiger partial charge on any atom is 0.131 e. The average molecular weight is 226 g/mol. The highest BCUT2D eigenvalue weighted by molar-refractivity contribution is 5.28. The number of nitrogens with zero attached hydrogens (tertiary/aromatic N) is 1. The second-order valence-corrected chi connectivity index (χ2v) is 4.34. The number of hydrogen-bond acceptors (Lipinski definition) is 2. The van der Waals surface area contributed by atoms with Crippen LogP contribution in [0.3, 0.4) is 0 Å². The molecule has 0 aromatic heterocycles. The van der Waals surface area contributed by atoms with Crippen molar-refractivity contribution in [1.82, 2.24) is 10.2 Å². The van der Waals surface area contributed by atoms with Crippen molar-refractivity contribution in [2.24, 2.45) is 0 Å². The number of hydrogen-bond donors (Lipinski definition) is 1. The molecule has 88 valence electrons. The van der Waals surface area contributed by atoms with Gasteiger partial charge in [0.05, 0.1) is 6.04 Å². The summed E-state index contributed by atoms with van der Waals surface area (Å²) in [6.45, 7) is 3.95. The van der Waals surface area contributed by atoms with Crippen molar-refractivity contribution in [3.8, 4) is 0 Å². The van der Waals surface area contributed by atoms with Crippen LogP contribution in [0.1, 0.15) is 17.2 Å². The molecule has 16 heavy (non-hydrogen) atoms. The molecule has 0 saturated carbocycles. The fraction of sp³-hybridized carbons (Fsp3) is 0.500. The Bertz CT molecular complexity index is 370. The topological polar surface area (TPSA) is 15.3 Å². The average Bonchev–Trinajstić information content (AvgIpc) is 2.19. The van der Waals surface area contributed by atoms with Crippen molar-refractivity contribution in [3.63, 3.8) is 0 Å². The molecule has 1 unspecified atom stereocenters. The summed E-state index contributed by atoms with van der Waals surface area (Å²) in [5.74, 6) is -0.893. The molecule has 0 amide bonds. The van der Waals surface area contributed by atoms with Crippen molar-refractivity contribution in [3.05, 3.63) is 34.9 Å². The van der Waals surface area contributed by atoms with Crippen LogP contribution in [0.25, 0.3) is 0 Å². The van der Waals surface area contributed by atoms with E-state index in [-0.39, 0.29) is 11.6 Å². The number of rotatable bonds is 1. The lowest BCUT2D eigenvalue weighted by atomic mass is 10.0. The van der Waals surface area contributed by atoms with E-state index in [0.29, 0.717) is 12.1 Å². The third-order valence-corrected chi connectivity index (χ3v) is 3.07. The number of halogens is 2. The van der Waals surface area contributed by atoms with E-state index in [1.165, 1.54) is 12.1 Å². The van der Waals surface area contributed by atoms with E-state index in [1.54, 1.807) is 6.92 Å². The lowest BCUT2D eigenvalue weighted by Gasteiger charge is -2.33. The Balaban J connectivity index is 2.38.